The van der Waals surface area contributed by atoms with Gasteiger partial charge >= 0.3 is 6.09 Å². The predicted molar refractivity (Wildman–Crippen MR) is 134 cm³/mol. The van der Waals surface area contributed by atoms with Crippen molar-refractivity contribution in [2.24, 2.45) is 0 Å². The largest absolute Gasteiger partial charge is 0.484 e. The molecule has 2 aromatic rings. The Kier molecular flexibility index (Phi) is 7.11. The number of nitrogens with one attached hydrogen (secondary N) is 2. The van der Waals surface area contributed by atoms with Crippen LogP contribution in [-0.4, -0.2) is 55.0 Å². The van der Waals surface area contributed by atoms with E-state index in [0.717, 1.165) is 12.8 Å². The molecule has 0 aliphatic carbocycles. The molecule has 0 saturated heterocycles. The molecule has 11 nitrogen and oxygen atoms in total. The Morgan fingerprint density at radius 1 is 1.28 bits per heavy atom. The summed E-state index contributed by atoms with van der Waals surface area (Å²) in [5.41, 5.74) is 0.428. The molecule has 2 N–H and O–H groups in total. The summed E-state index contributed by atoms with van der Waals surface area (Å²) in [6, 6.07) is 4.66. The number of sulfonamides is 1. The average Bonchev–Trinajstić information content (AvgIpc) is 3.12. The molecule has 3 heterocycles. The molecule has 196 valence electrons. The molecule has 0 fully saturated rings. The number of carbonyl (C=O) groups excluding carboxylic acids is 2. The number of anilines is 2. The number of rotatable bonds is 5. The molecule has 0 radical (unpaired) electrons. The van der Waals surface area contributed by atoms with Crippen molar-refractivity contribution in [1.82, 2.24) is 15.1 Å². The third-order valence-electron chi connectivity index (χ3n) is 5.67. The summed E-state index contributed by atoms with van der Waals surface area (Å²) in [6.45, 7) is 7.23. The zero-order valence-electron chi connectivity index (χ0n) is 20.6. The van der Waals surface area contributed by atoms with E-state index in [-0.39, 0.29) is 40.5 Å². The van der Waals surface area contributed by atoms with Gasteiger partial charge in [0.25, 0.3) is 10.0 Å². The van der Waals surface area contributed by atoms with Crippen LogP contribution < -0.4 is 19.7 Å². The van der Waals surface area contributed by atoms with Gasteiger partial charge in [0.1, 0.15) is 22.4 Å². The number of amides is 2. The summed E-state index contributed by atoms with van der Waals surface area (Å²) in [5, 5.41) is 9.47. The molecule has 1 aromatic heterocycles. The molecule has 0 spiro atoms. The van der Waals surface area contributed by atoms with E-state index in [4.69, 9.17) is 21.1 Å². The van der Waals surface area contributed by atoms with Crippen LogP contribution in [-0.2, 0) is 32.5 Å². The first-order valence-electron chi connectivity index (χ1n) is 11.7. The summed E-state index contributed by atoms with van der Waals surface area (Å²) in [4.78, 5) is 23.7. The maximum Gasteiger partial charge on any atom is 0.412 e. The van der Waals surface area contributed by atoms with Gasteiger partial charge < -0.3 is 14.8 Å². The number of fused-ring (bicyclic) bond motifs is 2. The van der Waals surface area contributed by atoms with Crippen molar-refractivity contribution in [1.29, 1.82) is 0 Å². The second-order valence-electron chi connectivity index (χ2n) is 9.77. The number of benzene rings is 1. The SMILES string of the molecule is CC(=O)NCC1CN(S(=O)(=O)c2c(Cl)nn3c2CCCC3)c2cc(NC(=O)OC(C)(C)C)ccc2O1. The highest BCUT2D eigenvalue weighted by Crippen LogP contribution is 2.41. The minimum atomic E-state index is -4.17. The molecule has 0 saturated carbocycles. The molecular formula is C23H30ClN5O6S. The van der Waals surface area contributed by atoms with Crippen molar-refractivity contribution >= 4 is 45.0 Å². The van der Waals surface area contributed by atoms with Crippen molar-refractivity contribution in [3.63, 3.8) is 0 Å². The normalized spacial score (nSPS) is 17.5. The minimum Gasteiger partial charge on any atom is -0.484 e. The molecule has 2 aliphatic rings. The lowest BCUT2D eigenvalue weighted by Gasteiger charge is -2.36. The van der Waals surface area contributed by atoms with Gasteiger partial charge in [-0.2, -0.15) is 5.10 Å². The van der Waals surface area contributed by atoms with E-state index >= 15 is 0 Å². The number of aryl methyl sites for hydroxylation is 1. The predicted octanol–water partition coefficient (Wildman–Crippen LogP) is 3.31. The number of hydrogen-bond acceptors (Lipinski definition) is 7. The van der Waals surface area contributed by atoms with E-state index in [0.29, 0.717) is 24.3 Å². The highest BCUT2D eigenvalue weighted by Gasteiger charge is 2.39. The Morgan fingerprint density at radius 3 is 2.72 bits per heavy atom. The van der Waals surface area contributed by atoms with Gasteiger partial charge in [0.2, 0.25) is 5.91 Å². The molecule has 1 unspecified atom stereocenters. The van der Waals surface area contributed by atoms with E-state index in [1.165, 1.54) is 17.3 Å². The molecule has 4 rings (SSSR count). The van der Waals surface area contributed by atoms with Crippen LogP contribution in [0, 0.1) is 0 Å². The van der Waals surface area contributed by atoms with Gasteiger partial charge in [-0.1, -0.05) is 11.6 Å². The van der Waals surface area contributed by atoms with Crippen molar-refractivity contribution in [2.45, 2.75) is 70.1 Å². The smallest absolute Gasteiger partial charge is 0.412 e. The van der Waals surface area contributed by atoms with Gasteiger partial charge in [-0.05, 0) is 58.2 Å². The lowest BCUT2D eigenvalue weighted by molar-refractivity contribution is -0.119. The zero-order chi connectivity index (χ0) is 26.3. The molecule has 1 atom stereocenters. The van der Waals surface area contributed by atoms with Crippen LogP contribution in [0.2, 0.25) is 5.15 Å². The minimum absolute atomic E-state index is 0.0273. The molecule has 1 aromatic carbocycles. The van der Waals surface area contributed by atoms with Crippen LogP contribution in [0.5, 0.6) is 5.75 Å². The third-order valence-corrected chi connectivity index (χ3v) is 7.91. The fourth-order valence-electron chi connectivity index (χ4n) is 4.20. The number of carbonyl (C=O) groups is 2. The molecule has 2 amide bonds. The number of hydrogen-bond donors (Lipinski definition) is 2. The van der Waals surface area contributed by atoms with Gasteiger partial charge in [0.15, 0.2) is 5.15 Å². The van der Waals surface area contributed by atoms with E-state index in [2.05, 4.69) is 15.7 Å². The molecule has 0 bridgehead atoms. The van der Waals surface area contributed by atoms with E-state index < -0.39 is 27.8 Å². The maximum atomic E-state index is 14.0. The first-order valence-corrected chi connectivity index (χ1v) is 13.5. The summed E-state index contributed by atoms with van der Waals surface area (Å²) in [5.74, 6) is 0.0246. The average molecular weight is 540 g/mol. The fraction of sp³-hybridized carbons (Fsp3) is 0.522. The topological polar surface area (TPSA) is 132 Å². The number of halogens is 1. The Morgan fingerprint density at radius 2 is 2.03 bits per heavy atom. The quantitative estimate of drug-likeness (QED) is 0.595. The van der Waals surface area contributed by atoms with E-state index in [1.807, 2.05) is 0 Å². The van der Waals surface area contributed by atoms with Crippen LogP contribution in [0.3, 0.4) is 0 Å². The van der Waals surface area contributed by atoms with E-state index in [1.54, 1.807) is 37.6 Å². The number of ether oxygens (including phenoxy) is 2. The monoisotopic (exact) mass is 539 g/mol. The first-order chi connectivity index (χ1) is 16.8. The van der Waals surface area contributed by atoms with Crippen molar-refractivity contribution < 1.29 is 27.5 Å². The molecular weight excluding hydrogens is 510 g/mol. The third kappa shape index (κ3) is 5.54. The van der Waals surface area contributed by atoms with Gasteiger partial charge in [-0.15, -0.1) is 0 Å². The lowest BCUT2D eigenvalue weighted by atomic mass is 10.1. The summed E-state index contributed by atoms with van der Waals surface area (Å²) >= 11 is 6.37. The van der Waals surface area contributed by atoms with Gasteiger partial charge in [-0.25, -0.2) is 13.2 Å². The Bertz CT molecular complexity index is 1290. The van der Waals surface area contributed by atoms with Crippen molar-refractivity contribution in [2.75, 3.05) is 22.7 Å². The van der Waals surface area contributed by atoms with Crippen LogP contribution in [0.25, 0.3) is 0 Å². The highest BCUT2D eigenvalue weighted by atomic mass is 35.5. The summed E-state index contributed by atoms with van der Waals surface area (Å²) in [7, 11) is -4.17. The first kappa shape index (κ1) is 26.1. The molecule has 2 aliphatic heterocycles. The van der Waals surface area contributed by atoms with Crippen LogP contribution in [0.4, 0.5) is 16.2 Å². The van der Waals surface area contributed by atoms with Crippen LogP contribution >= 0.6 is 11.6 Å². The second kappa shape index (κ2) is 9.81. The van der Waals surface area contributed by atoms with Crippen molar-refractivity contribution in [3.05, 3.63) is 29.0 Å². The van der Waals surface area contributed by atoms with Crippen molar-refractivity contribution in [3.8, 4) is 5.75 Å². The van der Waals surface area contributed by atoms with Crippen LogP contribution in [0.1, 0.15) is 46.2 Å². The Balaban J connectivity index is 1.73. The van der Waals surface area contributed by atoms with E-state index in [9.17, 15) is 18.0 Å². The summed E-state index contributed by atoms with van der Waals surface area (Å²) in [6.07, 6.45) is 0.945. The number of nitrogens with zero attached hydrogens (tertiary/aromatic N) is 3. The Labute approximate surface area is 215 Å². The lowest BCUT2D eigenvalue weighted by Crippen LogP contribution is -2.48. The fourth-order valence-corrected chi connectivity index (χ4v) is 6.43. The summed E-state index contributed by atoms with van der Waals surface area (Å²) < 4.78 is 42.2. The Hall–Kier alpha value is -2.99. The molecule has 13 heteroatoms. The standard InChI is InChI=1S/C23H30ClN5O6S/c1-14(30)25-12-16-13-29(36(32,33)20-17-7-5-6-10-28(17)27-21(20)24)18-11-15(8-9-19(18)34-16)26-22(31)35-23(2,3)4/h8-9,11,16H,5-7,10,12-13H2,1-4H3,(H,25,30)(H,26,31). The van der Waals surface area contributed by atoms with Gasteiger partial charge in [-0.3, -0.25) is 19.1 Å². The zero-order valence-corrected chi connectivity index (χ0v) is 22.2. The van der Waals surface area contributed by atoms with Crippen LogP contribution in [0.15, 0.2) is 23.1 Å². The highest BCUT2D eigenvalue weighted by molar-refractivity contribution is 7.93. The number of aromatic nitrogens is 2. The second-order valence-corrected chi connectivity index (χ2v) is 11.9. The van der Waals surface area contributed by atoms with Gasteiger partial charge in [0, 0.05) is 19.2 Å². The molecule has 36 heavy (non-hydrogen) atoms. The maximum absolute atomic E-state index is 14.0. The van der Waals surface area contributed by atoms with Gasteiger partial charge in [0.05, 0.1) is 24.5 Å².